The molecule has 0 radical (unpaired) electrons. The van der Waals surface area contributed by atoms with Crippen LogP contribution in [0.25, 0.3) is 0 Å². The zero-order valence-electron chi connectivity index (χ0n) is 9.29. The fourth-order valence-corrected chi connectivity index (χ4v) is 2.32. The summed E-state index contributed by atoms with van der Waals surface area (Å²) in [6.45, 7) is 3.06. The molecule has 1 heterocycles. The average Bonchev–Trinajstić information content (AvgIpc) is 2.28. The summed E-state index contributed by atoms with van der Waals surface area (Å²) in [6, 6.07) is 8.58. The molecule has 0 spiro atoms. The molecule has 2 nitrogen and oxygen atoms in total. The van der Waals surface area contributed by atoms with Crippen LogP contribution in [0.4, 0.5) is 0 Å². The van der Waals surface area contributed by atoms with E-state index in [2.05, 4.69) is 29.2 Å². The van der Waals surface area contributed by atoms with Gasteiger partial charge in [-0.05, 0) is 42.1 Å². The maximum absolute atomic E-state index is 10.6. The molecule has 0 aromatic heterocycles. The Hall–Kier alpha value is -0.860. The highest BCUT2D eigenvalue weighted by Crippen LogP contribution is 2.18. The van der Waals surface area contributed by atoms with E-state index in [1.807, 2.05) is 0 Å². The summed E-state index contributed by atoms with van der Waals surface area (Å²) in [7, 11) is 0. The Morgan fingerprint density at radius 1 is 1.31 bits per heavy atom. The van der Waals surface area contributed by atoms with E-state index in [0.717, 1.165) is 32.5 Å². The summed E-state index contributed by atoms with van der Waals surface area (Å²) >= 11 is 5.32. The topological polar surface area (TPSA) is 20.3 Å². The van der Waals surface area contributed by atoms with Crippen molar-refractivity contribution in [3.8, 4) is 0 Å². The van der Waals surface area contributed by atoms with Crippen LogP contribution in [0.3, 0.4) is 0 Å². The van der Waals surface area contributed by atoms with Crippen LogP contribution >= 0.6 is 11.6 Å². The van der Waals surface area contributed by atoms with Crippen LogP contribution in [0.2, 0.25) is 0 Å². The maximum atomic E-state index is 10.6. The van der Waals surface area contributed by atoms with Gasteiger partial charge in [-0.25, -0.2) is 0 Å². The molecule has 0 N–H and O–H groups in total. The molecule has 0 amide bonds. The van der Waals surface area contributed by atoms with E-state index in [1.54, 1.807) is 0 Å². The van der Waals surface area contributed by atoms with Gasteiger partial charge in [-0.1, -0.05) is 24.3 Å². The molecule has 0 unspecified atom stereocenters. The highest BCUT2D eigenvalue weighted by Gasteiger charge is 2.14. The maximum Gasteiger partial charge on any atom is 0.221 e. The highest BCUT2D eigenvalue weighted by atomic mass is 35.5. The predicted molar refractivity (Wildman–Crippen MR) is 65.5 cm³/mol. The van der Waals surface area contributed by atoms with E-state index in [1.165, 1.54) is 11.1 Å². The van der Waals surface area contributed by atoms with Gasteiger partial charge in [0.25, 0.3) is 0 Å². The second-order valence-electron chi connectivity index (χ2n) is 4.25. The second kappa shape index (κ2) is 5.46. The molecule has 0 bridgehead atoms. The monoisotopic (exact) mass is 237 g/mol. The van der Waals surface area contributed by atoms with Crippen molar-refractivity contribution in [3.05, 3.63) is 35.4 Å². The van der Waals surface area contributed by atoms with Gasteiger partial charge in [0.1, 0.15) is 0 Å². The summed E-state index contributed by atoms with van der Waals surface area (Å²) < 4.78 is 0. The Kier molecular flexibility index (Phi) is 3.97. The quantitative estimate of drug-likeness (QED) is 0.751. The Labute approximate surface area is 101 Å². The largest absolute Gasteiger partial charge is 0.299 e. The van der Waals surface area contributed by atoms with E-state index >= 15 is 0 Å². The Bertz CT molecular complexity index is 378. The summed E-state index contributed by atoms with van der Waals surface area (Å²) in [4.78, 5) is 13.0. The lowest BCUT2D eigenvalue weighted by Crippen LogP contribution is -2.31. The molecular formula is C13H16ClNO. The van der Waals surface area contributed by atoms with Gasteiger partial charge in [-0.15, -0.1) is 0 Å². The molecule has 86 valence electrons. The molecule has 1 aromatic carbocycles. The van der Waals surface area contributed by atoms with Gasteiger partial charge in [0.15, 0.2) is 0 Å². The lowest BCUT2D eigenvalue weighted by molar-refractivity contribution is -0.111. The van der Waals surface area contributed by atoms with Crippen molar-refractivity contribution in [1.29, 1.82) is 0 Å². The minimum atomic E-state index is -0.225. The van der Waals surface area contributed by atoms with Crippen molar-refractivity contribution in [2.24, 2.45) is 0 Å². The molecule has 1 aromatic rings. The van der Waals surface area contributed by atoms with Crippen LogP contribution in [-0.4, -0.2) is 23.2 Å². The molecule has 0 atom stereocenters. The highest BCUT2D eigenvalue weighted by molar-refractivity contribution is 6.63. The number of fused-ring (bicyclic) bond motifs is 1. The first-order valence-corrected chi connectivity index (χ1v) is 6.11. The van der Waals surface area contributed by atoms with Crippen LogP contribution in [0.15, 0.2) is 24.3 Å². The molecule has 1 aliphatic heterocycles. The number of hydrogen-bond donors (Lipinski definition) is 0. The average molecular weight is 238 g/mol. The van der Waals surface area contributed by atoms with Gasteiger partial charge in [0, 0.05) is 19.5 Å². The molecule has 2 rings (SSSR count). The fourth-order valence-electron chi connectivity index (χ4n) is 2.19. The predicted octanol–water partition coefficient (Wildman–Crippen LogP) is 2.59. The van der Waals surface area contributed by atoms with Crippen LogP contribution in [0.1, 0.15) is 24.0 Å². The van der Waals surface area contributed by atoms with Crippen molar-refractivity contribution in [2.45, 2.75) is 25.8 Å². The summed E-state index contributed by atoms with van der Waals surface area (Å²) in [5.74, 6) is 0. The molecule has 0 aliphatic carbocycles. The third-order valence-electron chi connectivity index (χ3n) is 3.06. The van der Waals surface area contributed by atoms with E-state index in [9.17, 15) is 4.79 Å². The van der Waals surface area contributed by atoms with Crippen LogP contribution in [0, 0.1) is 0 Å². The summed E-state index contributed by atoms with van der Waals surface area (Å²) in [5, 5.41) is -0.225. The lowest BCUT2D eigenvalue weighted by Gasteiger charge is -2.28. The van der Waals surface area contributed by atoms with Crippen molar-refractivity contribution in [3.63, 3.8) is 0 Å². The van der Waals surface area contributed by atoms with Gasteiger partial charge in [0.05, 0.1) is 0 Å². The van der Waals surface area contributed by atoms with E-state index in [0.29, 0.717) is 6.42 Å². The van der Waals surface area contributed by atoms with Crippen LogP contribution in [-0.2, 0) is 17.8 Å². The molecule has 0 fully saturated rings. The number of carbonyl (C=O) groups excluding carboxylic acids is 1. The first kappa shape index (κ1) is 11.6. The molecular weight excluding hydrogens is 222 g/mol. The summed E-state index contributed by atoms with van der Waals surface area (Å²) in [5.41, 5.74) is 2.89. The van der Waals surface area contributed by atoms with Gasteiger partial charge < -0.3 is 0 Å². The van der Waals surface area contributed by atoms with Gasteiger partial charge in [-0.3, -0.25) is 9.69 Å². The van der Waals surface area contributed by atoms with Crippen LogP contribution in [0.5, 0.6) is 0 Å². The Morgan fingerprint density at radius 2 is 2.06 bits per heavy atom. The fraction of sp³-hybridized carbons (Fsp3) is 0.462. The molecule has 16 heavy (non-hydrogen) atoms. The van der Waals surface area contributed by atoms with E-state index < -0.39 is 0 Å². The number of hydrogen-bond acceptors (Lipinski definition) is 2. The summed E-state index contributed by atoms with van der Waals surface area (Å²) in [6.07, 6.45) is 2.47. The number of benzene rings is 1. The third kappa shape index (κ3) is 3.06. The molecule has 3 heteroatoms. The first-order chi connectivity index (χ1) is 7.75. The zero-order valence-corrected chi connectivity index (χ0v) is 10.0. The minimum absolute atomic E-state index is 0.225. The number of carbonyl (C=O) groups is 1. The van der Waals surface area contributed by atoms with Gasteiger partial charge >= 0.3 is 0 Å². The second-order valence-corrected chi connectivity index (χ2v) is 4.68. The molecule has 1 aliphatic rings. The van der Waals surface area contributed by atoms with Crippen molar-refractivity contribution in [2.75, 3.05) is 13.1 Å². The number of rotatable bonds is 4. The van der Waals surface area contributed by atoms with E-state index in [-0.39, 0.29) is 5.24 Å². The van der Waals surface area contributed by atoms with E-state index in [4.69, 9.17) is 11.6 Å². The number of halogens is 1. The molecule has 0 saturated heterocycles. The van der Waals surface area contributed by atoms with Crippen LogP contribution < -0.4 is 0 Å². The minimum Gasteiger partial charge on any atom is -0.299 e. The van der Waals surface area contributed by atoms with Gasteiger partial charge in [0.2, 0.25) is 5.24 Å². The Balaban J connectivity index is 1.86. The standard InChI is InChI=1S/C13H16ClNO/c14-13(16)6-3-8-15-9-7-11-4-1-2-5-12(11)10-15/h1-2,4-5H,3,6-10H2. The lowest BCUT2D eigenvalue weighted by atomic mass is 10.00. The van der Waals surface area contributed by atoms with Crippen molar-refractivity contribution >= 4 is 16.8 Å². The zero-order chi connectivity index (χ0) is 11.4. The van der Waals surface area contributed by atoms with Crippen molar-refractivity contribution in [1.82, 2.24) is 4.90 Å². The Morgan fingerprint density at radius 3 is 2.81 bits per heavy atom. The van der Waals surface area contributed by atoms with Crippen molar-refractivity contribution < 1.29 is 4.79 Å². The number of nitrogens with zero attached hydrogens (tertiary/aromatic N) is 1. The normalized spacial score (nSPS) is 15.8. The van der Waals surface area contributed by atoms with Gasteiger partial charge in [-0.2, -0.15) is 0 Å². The molecule has 0 saturated carbocycles. The smallest absolute Gasteiger partial charge is 0.221 e. The SMILES string of the molecule is O=C(Cl)CCCN1CCc2ccccc2C1. The third-order valence-corrected chi connectivity index (χ3v) is 3.25. The first-order valence-electron chi connectivity index (χ1n) is 5.73.